The highest BCUT2D eigenvalue weighted by atomic mass is 16.1. The Morgan fingerprint density at radius 2 is 1.73 bits per heavy atom. The molecule has 0 aliphatic rings. The SMILES string of the molecule is C=C.CCN(CC)c1ccc(C(C)c2ccccc2C(=O)NC)c(N)c1. The third-order valence-corrected chi connectivity index (χ3v) is 4.56. The summed E-state index contributed by atoms with van der Waals surface area (Å²) >= 11 is 0. The van der Waals surface area contributed by atoms with Crippen molar-refractivity contribution in [1.29, 1.82) is 0 Å². The van der Waals surface area contributed by atoms with Gasteiger partial charge < -0.3 is 16.0 Å². The molecule has 1 unspecified atom stereocenters. The van der Waals surface area contributed by atoms with E-state index < -0.39 is 0 Å². The van der Waals surface area contributed by atoms with E-state index in [0.717, 1.165) is 35.6 Å². The molecule has 1 atom stereocenters. The number of amides is 1. The number of hydrogen-bond acceptors (Lipinski definition) is 3. The second-order valence-electron chi connectivity index (χ2n) is 5.87. The first kappa shape index (κ1) is 21.3. The van der Waals surface area contributed by atoms with Crippen molar-refractivity contribution in [3.8, 4) is 0 Å². The molecule has 0 aliphatic carbocycles. The van der Waals surface area contributed by atoms with Gasteiger partial charge in [0.1, 0.15) is 0 Å². The predicted octanol–water partition coefficient (Wildman–Crippen LogP) is 4.43. The van der Waals surface area contributed by atoms with Crippen LogP contribution in [0.1, 0.15) is 48.2 Å². The highest BCUT2D eigenvalue weighted by molar-refractivity contribution is 5.95. The second kappa shape index (κ2) is 10.3. The van der Waals surface area contributed by atoms with Gasteiger partial charge in [0.05, 0.1) is 0 Å². The number of rotatable bonds is 6. The normalized spacial score (nSPS) is 11.1. The summed E-state index contributed by atoms with van der Waals surface area (Å²) < 4.78 is 0. The van der Waals surface area contributed by atoms with Gasteiger partial charge in [0.25, 0.3) is 5.91 Å². The molecule has 3 N–H and O–H groups in total. The maximum atomic E-state index is 12.1. The zero-order valence-electron chi connectivity index (χ0n) is 16.4. The fraction of sp³-hybridized carbons (Fsp3) is 0.318. The van der Waals surface area contributed by atoms with E-state index in [2.05, 4.69) is 56.3 Å². The fourth-order valence-corrected chi connectivity index (χ4v) is 3.13. The third-order valence-electron chi connectivity index (χ3n) is 4.56. The number of nitrogens with one attached hydrogen (secondary N) is 1. The Bertz CT molecular complexity index is 723. The van der Waals surface area contributed by atoms with Crippen molar-refractivity contribution in [1.82, 2.24) is 5.32 Å². The monoisotopic (exact) mass is 353 g/mol. The minimum absolute atomic E-state index is 0.0456. The van der Waals surface area contributed by atoms with Crippen molar-refractivity contribution in [2.24, 2.45) is 0 Å². The average Bonchev–Trinajstić information content (AvgIpc) is 2.69. The maximum absolute atomic E-state index is 12.1. The van der Waals surface area contributed by atoms with Gasteiger partial charge in [-0.05, 0) is 43.2 Å². The van der Waals surface area contributed by atoms with E-state index >= 15 is 0 Å². The van der Waals surface area contributed by atoms with Gasteiger partial charge in [0.2, 0.25) is 0 Å². The molecule has 0 radical (unpaired) electrons. The number of nitrogens with zero attached hydrogens (tertiary/aromatic N) is 1. The Balaban J connectivity index is 0.00000163. The van der Waals surface area contributed by atoms with Gasteiger partial charge in [0, 0.05) is 43.0 Å². The molecule has 0 heterocycles. The lowest BCUT2D eigenvalue weighted by Gasteiger charge is -2.24. The van der Waals surface area contributed by atoms with Crippen molar-refractivity contribution >= 4 is 17.3 Å². The molecule has 140 valence electrons. The van der Waals surface area contributed by atoms with Crippen LogP contribution in [0.5, 0.6) is 0 Å². The Labute approximate surface area is 157 Å². The van der Waals surface area contributed by atoms with Gasteiger partial charge in [0.15, 0.2) is 0 Å². The van der Waals surface area contributed by atoms with E-state index in [4.69, 9.17) is 5.73 Å². The molecule has 0 saturated carbocycles. The van der Waals surface area contributed by atoms with Crippen LogP contribution in [0.15, 0.2) is 55.6 Å². The second-order valence-corrected chi connectivity index (χ2v) is 5.87. The minimum Gasteiger partial charge on any atom is -0.398 e. The summed E-state index contributed by atoms with van der Waals surface area (Å²) in [6, 6.07) is 13.9. The number of nitrogens with two attached hydrogens (primary N) is 1. The van der Waals surface area contributed by atoms with Crippen LogP contribution in [-0.2, 0) is 0 Å². The summed E-state index contributed by atoms with van der Waals surface area (Å²) in [6.07, 6.45) is 0. The zero-order valence-corrected chi connectivity index (χ0v) is 16.4. The van der Waals surface area contributed by atoms with Crippen molar-refractivity contribution in [3.05, 3.63) is 72.3 Å². The fourth-order valence-electron chi connectivity index (χ4n) is 3.13. The average molecular weight is 354 g/mol. The maximum Gasteiger partial charge on any atom is 0.251 e. The number of benzene rings is 2. The van der Waals surface area contributed by atoms with Gasteiger partial charge in [-0.1, -0.05) is 31.2 Å². The summed E-state index contributed by atoms with van der Waals surface area (Å²) in [6.45, 7) is 14.3. The molecule has 26 heavy (non-hydrogen) atoms. The molecule has 2 aromatic carbocycles. The van der Waals surface area contributed by atoms with Crippen LogP contribution in [0.3, 0.4) is 0 Å². The smallest absolute Gasteiger partial charge is 0.251 e. The van der Waals surface area contributed by atoms with Gasteiger partial charge in [-0.2, -0.15) is 0 Å². The Morgan fingerprint density at radius 3 is 2.27 bits per heavy atom. The van der Waals surface area contributed by atoms with Crippen LogP contribution in [0.4, 0.5) is 11.4 Å². The summed E-state index contributed by atoms with van der Waals surface area (Å²) in [5, 5.41) is 2.71. The van der Waals surface area contributed by atoms with Gasteiger partial charge in [-0.15, -0.1) is 13.2 Å². The van der Waals surface area contributed by atoms with E-state index in [1.165, 1.54) is 0 Å². The van der Waals surface area contributed by atoms with E-state index in [1.54, 1.807) is 7.05 Å². The topological polar surface area (TPSA) is 58.4 Å². The molecular weight excluding hydrogens is 322 g/mol. The van der Waals surface area contributed by atoms with E-state index in [1.807, 2.05) is 30.3 Å². The van der Waals surface area contributed by atoms with Crippen LogP contribution < -0.4 is 16.0 Å². The van der Waals surface area contributed by atoms with Crippen LogP contribution >= 0.6 is 0 Å². The number of carbonyl (C=O) groups is 1. The lowest BCUT2D eigenvalue weighted by Crippen LogP contribution is -2.22. The number of anilines is 2. The summed E-state index contributed by atoms with van der Waals surface area (Å²) in [5.74, 6) is -0.0277. The molecule has 2 rings (SSSR count). The van der Waals surface area contributed by atoms with Crippen molar-refractivity contribution in [2.75, 3.05) is 30.8 Å². The molecular formula is C22H31N3O. The number of carbonyl (C=O) groups excluding carboxylic acids is 1. The number of nitrogen functional groups attached to an aromatic ring is 1. The van der Waals surface area contributed by atoms with E-state index in [9.17, 15) is 4.79 Å². The largest absolute Gasteiger partial charge is 0.398 e. The van der Waals surface area contributed by atoms with E-state index in [0.29, 0.717) is 5.56 Å². The summed E-state index contributed by atoms with van der Waals surface area (Å²) in [4.78, 5) is 14.4. The highest BCUT2D eigenvalue weighted by Gasteiger charge is 2.18. The predicted molar refractivity (Wildman–Crippen MR) is 113 cm³/mol. The Morgan fingerprint density at radius 1 is 1.12 bits per heavy atom. The first-order chi connectivity index (χ1) is 12.5. The van der Waals surface area contributed by atoms with Crippen molar-refractivity contribution < 1.29 is 4.79 Å². The van der Waals surface area contributed by atoms with Gasteiger partial charge in [-0.25, -0.2) is 0 Å². The standard InChI is InChI=1S/C20H27N3O.C2H4/c1-5-23(6-2)15-11-12-17(19(21)13-15)14(3)16-9-7-8-10-18(16)20(24)22-4;1-2/h7-14H,5-6,21H2,1-4H3,(H,22,24);1-2H2. The lowest BCUT2D eigenvalue weighted by molar-refractivity contribution is 0.0962. The van der Waals surface area contributed by atoms with Crippen LogP contribution in [0, 0.1) is 0 Å². The molecule has 4 nitrogen and oxygen atoms in total. The Hall–Kier alpha value is -2.75. The third kappa shape index (κ3) is 4.66. The van der Waals surface area contributed by atoms with Gasteiger partial charge >= 0.3 is 0 Å². The van der Waals surface area contributed by atoms with Crippen LogP contribution in [0.25, 0.3) is 0 Å². The first-order valence-corrected chi connectivity index (χ1v) is 8.98. The number of hydrogen-bond donors (Lipinski definition) is 2. The molecule has 1 amide bonds. The quantitative estimate of drug-likeness (QED) is 0.597. The van der Waals surface area contributed by atoms with Crippen molar-refractivity contribution in [2.45, 2.75) is 26.7 Å². The van der Waals surface area contributed by atoms with E-state index in [-0.39, 0.29) is 11.8 Å². The summed E-state index contributed by atoms with van der Waals surface area (Å²) in [5.41, 5.74) is 11.0. The zero-order chi connectivity index (χ0) is 19.7. The van der Waals surface area contributed by atoms with Crippen LogP contribution in [0.2, 0.25) is 0 Å². The molecule has 4 heteroatoms. The molecule has 0 saturated heterocycles. The molecule has 0 aromatic heterocycles. The molecule has 0 spiro atoms. The van der Waals surface area contributed by atoms with Crippen molar-refractivity contribution in [3.63, 3.8) is 0 Å². The molecule has 0 aliphatic heterocycles. The van der Waals surface area contributed by atoms with Gasteiger partial charge in [-0.3, -0.25) is 4.79 Å². The van der Waals surface area contributed by atoms with Crippen LogP contribution in [-0.4, -0.2) is 26.0 Å². The molecule has 0 bridgehead atoms. The minimum atomic E-state index is -0.0733. The highest BCUT2D eigenvalue weighted by Crippen LogP contribution is 2.33. The molecule has 2 aromatic rings. The molecule has 0 fully saturated rings. The lowest BCUT2D eigenvalue weighted by atomic mass is 9.88. The first-order valence-electron chi connectivity index (χ1n) is 8.98. The Kier molecular flexibility index (Phi) is 8.43. The summed E-state index contributed by atoms with van der Waals surface area (Å²) in [7, 11) is 1.65.